The monoisotopic (exact) mass is 166 g/mol. The quantitative estimate of drug-likeness (QED) is 0.594. The van der Waals surface area contributed by atoms with Gasteiger partial charge in [-0.2, -0.15) is 0 Å². The van der Waals surface area contributed by atoms with Crippen LogP contribution in [0.5, 0.6) is 0 Å². The van der Waals surface area contributed by atoms with Gasteiger partial charge in [-0.15, -0.1) is 0 Å². The van der Waals surface area contributed by atoms with Gasteiger partial charge >= 0.3 is 0 Å². The lowest BCUT2D eigenvalue weighted by molar-refractivity contribution is 0.648. The first-order valence-corrected chi connectivity index (χ1v) is 4.02. The molecule has 0 aliphatic carbocycles. The van der Waals surface area contributed by atoms with Crippen molar-refractivity contribution in [1.82, 2.24) is 20.6 Å². The van der Waals surface area contributed by atoms with Crippen molar-refractivity contribution in [2.45, 2.75) is 6.54 Å². The molecule has 4 nitrogen and oxygen atoms in total. The third-order valence-electron chi connectivity index (χ3n) is 1.49. The maximum absolute atomic E-state index is 3.92. The highest BCUT2D eigenvalue weighted by atomic mass is 14.9. The summed E-state index contributed by atoms with van der Waals surface area (Å²) in [7, 11) is 1.94. The number of likely N-dealkylation sites (N-methyl/N-ethyl adjacent to an activating group) is 1. The van der Waals surface area contributed by atoms with Gasteiger partial charge in [0.15, 0.2) is 0 Å². The van der Waals surface area contributed by atoms with Crippen molar-refractivity contribution in [3.05, 3.63) is 24.3 Å². The SMILES string of the molecule is CNCCNCc1cncnc1. The van der Waals surface area contributed by atoms with Crippen LogP contribution in [0.25, 0.3) is 0 Å². The second-order valence-electron chi connectivity index (χ2n) is 2.53. The first-order chi connectivity index (χ1) is 5.93. The van der Waals surface area contributed by atoms with E-state index in [-0.39, 0.29) is 0 Å². The van der Waals surface area contributed by atoms with E-state index in [0.29, 0.717) is 0 Å². The topological polar surface area (TPSA) is 49.8 Å². The van der Waals surface area contributed by atoms with Gasteiger partial charge in [0.1, 0.15) is 6.33 Å². The maximum atomic E-state index is 3.92. The number of nitrogens with zero attached hydrogens (tertiary/aromatic N) is 2. The van der Waals surface area contributed by atoms with Crippen molar-refractivity contribution in [3.8, 4) is 0 Å². The van der Waals surface area contributed by atoms with E-state index in [4.69, 9.17) is 0 Å². The largest absolute Gasteiger partial charge is 0.318 e. The Balaban J connectivity index is 2.16. The molecule has 4 heteroatoms. The van der Waals surface area contributed by atoms with Crippen molar-refractivity contribution in [2.24, 2.45) is 0 Å². The van der Waals surface area contributed by atoms with Gasteiger partial charge in [0.2, 0.25) is 0 Å². The van der Waals surface area contributed by atoms with Gasteiger partial charge in [-0.25, -0.2) is 9.97 Å². The average molecular weight is 166 g/mol. The Hall–Kier alpha value is -1.00. The average Bonchev–Trinajstić information content (AvgIpc) is 2.14. The molecule has 1 rings (SSSR count). The van der Waals surface area contributed by atoms with E-state index in [1.54, 1.807) is 0 Å². The van der Waals surface area contributed by atoms with E-state index in [1.807, 2.05) is 19.4 Å². The second kappa shape index (κ2) is 5.62. The molecule has 0 bridgehead atoms. The van der Waals surface area contributed by atoms with E-state index in [1.165, 1.54) is 6.33 Å². The van der Waals surface area contributed by atoms with Crippen LogP contribution in [-0.2, 0) is 6.54 Å². The Bertz CT molecular complexity index is 199. The third-order valence-corrected chi connectivity index (χ3v) is 1.49. The van der Waals surface area contributed by atoms with Crippen LogP contribution in [0.1, 0.15) is 5.56 Å². The number of hydrogen-bond acceptors (Lipinski definition) is 4. The summed E-state index contributed by atoms with van der Waals surface area (Å²) in [5, 5.41) is 6.32. The van der Waals surface area contributed by atoms with E-state index in [9.17, 15) is 0 Å². The highest BCUT2D eigenvalue weighted by molar-refractivity contribution is 5.01. The molecule has 66 valence electrons. The molecule has 0 aliphatic rings. The standard InChI is InChI=1S/C8H14N4/c1-9-2-3-10-4-8-5-11-7-12-6-8/h5-7,9-10H,2-4H2,1H3. The summed E-state index contributed by atoms with van der Waals surface area (Å²) >= 11 is 0. The van der Waals surface area contributed by atoms with Gasteiger partial charge in [0.25, 0.3) is 0 Å². The summed E-state index contributed by atoms with van der Waals surface area (Å²) in [5.41, 5.74) is 1.12. The van der Waals surface area contributed by atoms with Crippen molar-refractivity contribution in [1.29, 1.82) is 0 Å². The zero-order chi connectivity index (χ0) is 8.65. The van der Waals surface area contributed by atoms with Crippen LogP contribution in [0.15, 0.2) is 18.7 Å². The number of rotatable bonds is 5. The molecule has 0 radical (unpaired) electrons. The summed E-state index contributed by atoms with van der Waals surface area (Å²) < 4.78 is 0. The van der Waals surface area contributed by atoms with E-state index in [2.05, 4.69) is 20.6 Å². The highest BCUT2D eigenvalue weighted by Crippen LogP contribution is 1.89. The fraction of sp³-hybridized carbons (Fsp3) is 0.500. The lowest BCUT2D eigenvalue weighted by atomic mass is 10.3. The Morgan fingerprint density at radius 1 is 1.25 bits per heavy atom. The molecule has 0 saturated carbocycles. The van der Waals surface area contributed by atoms with Gasteiger partial charge in [-0.3, -0.25) is 0 Å². The summed E-state index contributed by atoms with van der Waals surface area (Å²) in [6.45, 7) is 2.78. The molecule has 0 atom stereocenters. The Morgan fingerprint density at radius 2 is 2.00 bits per heavy atom. The minimum Gasteiger partial charge on any atom is -0.318 e. The van der Waals surface area contributed by atoms with Gasteiger partial charge < -0.3 is 10.6 Å². The van der Waals surface area contributed by atoms with Crippen molar-refractivity contribution < 1.29 is 0 Å². The molecule has 12 heavy (non-hydrogen) atoms. The molecule has 0 spiro atoms. The van der Waals surface area contributed by atoms with Crippen molar-refractivity contribution in [2.75, 3.05) is 20.1 Å². The molecule has 0 aromatic carbocycles. The van der Waals surface area contributed by atoms with Gasteiger partial charge in [-0.1, -0.05) is 0 Å². The Morgan fingerprint density at radius 3 is 2.67 bits per heavy atom. The van der Waals surface area contributed by atoms with E-state index >= 15 is 0 Å². The number of hydrogen-bond donors (Lipinski definition) is 2. The predicted octanol–water partition coefficient (Wildman–Crippen LogP) is -0.214. The molecular formula is C8H14N4. The first-order valence-electron chi connectivity index (χ1n) is 4.02. The lowest BCUT2D eigenvalue weighted by Crippen LogP contribution is -2.24. The summed E-state index contributed by atoms with van der Waals surface area (Å²) in [5.74, 6) is 0. The summed E-state index contributed by atoms with van der Waals surface area (Å²) in [6.07, 6.45) is 5.18. The Labute approximate surface area is 72.4 Å². The minimum atomic E-state index is 0.836. The predicted molar refractivity (Wildman–Crippen MR) is 47.7 cm³/mol. The van der Waals surface area contributed by atoms with Gasteiger partial charge in [0.05, 0.1) is 0 Å². The van der Waals surface area contributed by atoms with Crippen LogP contribution in [-0.4, -0.2) is 30.1 Å². The molecular weight excluding hydrogens is 152 g/mol. The molecule has 2 N–H and O–H groups in total. The van der Waals surface area contributed by atoms with Crippen LogP contribution in [0.4, 0.5) is 0 Å². The lowest BCUT2D eigenvalue weighted by Gasteiger charge is -2.02. The van der Waals surface area contributed by atoms with Gasteiger partial charge in [0, 0.05) is 37.6 Å². The zero-order valence-corrected chi connectivity index (χ0v) is 7.25. The van der Waals surface area contributed by atoms with Crippen molar-refractivity contribution in [3.63, 3.8) is 0 Å². The normalized spacial score (nSPS) is 10.1. The van der Waals surface area contributed by atoms with E-state index in [0.717, 1.165) is 25.2 Å². The fourth-order valence-electron chi connectivity index (χ4n) is 0.867. The third kappa shape index (κ3) is 3.41. The zero-order valence-electron chi connectivity index (χ0n) is 7.25. The fourth-order valence-corrected chi connectivity index (χ4v) is 0.867. The minimum absolute atomic E-state index is 0.836. The highest BCUT2D eigenvalue weighted by Gasteiger charge is 1.90. The number of aromatic nitrogens is 2. The molecule has 1 heterocycles. The van der Waals surface area contributed by atoms with Crippen LogP contribution in [0.2, 0.25) is 0 Å². The van der Waals surface area contributed by atoms with Gasteiger partial charge in [-0.05, 0) is 7.05 Å². The Kier molecular flexibility index (Phi) is 4.26. The molecule has 0 unspecified atom stereocenters. The van der Waals surface area contributed by atoms with Crippen molar-refractivity contribution >= 4 is 0 Å². The van der Waals surface area contributed by atoms with Crippen LogP contribution in [0.3, 0.4) is 0 Å². The second-order valence-corrected chi connectivity index (χ2v) is 2.53. The maximum Gasteiger partial charge on any atom is 0.115 e. The van der Waals surface area contributed by atoms with Crippen LogP contribution < -0.4 is 10.6 Å². The summed E-state index contributed by atoms with van der Waals surface area (Å²) in [4.78, 5) is 7.83. The summed E-state index contributed by atoms with van der Waals surface area (Å²) in [6, 6.07) is 0. The molecule has 1 aromatic heterocycles. The van der Waals surface area contributed by atoms with Crippen LogP contribution >= 0.6 is 0 Å². The smallest absolute Gasteiger partial charge is 0.115 e. The molecule has 0 amide bonds. The molecule has 0 fully saturated rings. The molecule has 0 saturated heterocycles. The van der Waals surface area contributed by atoms with E-state index < -0.39 is 0 Å². The first kappa shape index (κ1) is 9.09. The molecule has 1 aromatic rings. The number of nitrogens with one attached hydrogen (secondary N) is 2. The van der Waals surface area contributed by atoms with Crippen LogP contribution in [0, 0.1) is 0 Å². The molecule has 0 aliphatic heterocycles.